The van der Waals surface area contributed by atoms with Crippen LogP contribution in [0.2, 0.25) is 0 Å². The number of ether oxygens (including phenoxy) is 2. The number of urea groups is 1. The van der Waals surface area contributed by atoms with E-state index in [1.54, 1.807) is 36.4 Å². The van der Waals surface area contributed by atoms with Crippen molar-refractivity contribution in [3.63, 3.8) is 0 Å². The Bertz CT molecular complexity index is 1610. The van der Waals surface area contributed by atoms with Gasteiger partial charge in [-0.05, 0) is 71.8 Å². The largest absolute Gasteiger partial charge is 0.497 e. The Balaban J connectivity index is 1.48. The predicted molar refractivity (Wildman–Crippen MR) is 149 cm³/mol. The fourth-order valence-electron chi connectivity index (χ4n) is 4.33. The molecule has 0 atom stereocenters. The van der Waals surface area contributed by atoms with Crippen LogP contribution in [0.4, 0.5) is 10.5 Å². The molecule has 0 aliphatic carbocycles. The van der Waals surface area contributed by atoms with Crippen LogP contribution in [0.1, 0.15) is 16.7 Å². The lowest BCUT2D eigenvalue weighted by Crippen LogP contribution is -2.54. The highest BCUT2D eigenvalue weighted by Gasteiger charge is 2.37. The van der Waals surface area contributed by atoms with Crippen LogP contribution in [0.15, 0.2) is 88.9 Å². The fourth-order valence-corrected chi connectivity index (χ4v) is 4.71. The molecule has 190 valence electrons. The fraction of sp³-hybridized carbons (Fsp3) is 0.100. The minimum Gasteiger partial charge on any atom is -0.497 e. The molecular weight excluding hydrogens is 548 g/mol. The van der Waals surface area contributed by atoms with Crippen molar-refractivity contribution in [2.75, 3.05) is 12.0 Å². The number of carbonyl (C=O) groups excluding carboxylic acids is 3. The molecule has 1 aliphatic heterocycles. The van der Waals surface area contributed by atoms with Crippen molar-refractivity contribution < 1.29 is 23.9 Å². The third-order valence-corrected chi connectivity index (χ3v) is 6.84. The number of anilines is 1. The molecule has 4 aromatic carbocycles. The molecule has 1 saturated heterocycles. The number of fused-ring (bicyclic) bond motifs is 1. The molecule has 5 rings (SSSR count). The lowest BCUT2D eigenvalue weighted by Gasteiger charge is -2.26. The summed E-state index contributed by atoms with van der Waals surface area (Å²) in [6.45, 7) is 2.33. The van der Waals surface area contributed by atoms with Gasteiger partial charge >= 0.3 is 6.03 Å². The smallest absolute Gasteiger partial charge is 0.335 e. The number of amides is 4. The van der Waals surface area contributed by atoms with Gasteiger partial charge in [-0.15, -0.1) is 0 Å². The summed E-state index contributed by atoms with van der Waals surface area (Å²) in [6.07, 6.45) is 1.44. The lowest BCUT2D eigenvalue weighted by molar-refractivity contribution is -0.122. The Morgan fingerprint density at radius 1 is 0.947 bits per heavy atom. The number of barbiturate groups is 1. The summed E-state index contributed by atoms with van der Waals surface area (Å²) < 4.78 is 12.1. The Morgan fingerprint density at radius 2 is 1.71 bits per heavy atom. The maximum absolute atomic E-state index is 13.4. The van der Waals surface area contributed by atoms with E-state index in [-0.39, 0.29) is 5.57 Å². The molecule has 0 radical (unpaired) electrons. The first kappa shape index (κ1) is 25.2. The zero-order valence-corrected chi connectivity index (χ0v) is 22.2. The van der Waals surface area contributed by atoms with E-state index in [2.05, 4.69) is 45.5 Å². The van der Waals surface area contributed by atoms with Gasteiger partial charge in [0.15, 0.2) is 0 Å². The number of rotatable bonds is 6. The quantitative estimate of drug-likeness (QED) is 0.221. The Kier molecular flexibility index (Phi) is 6.98. The highest BCUT2D eigenvalue weighted by atomic mass is 79.9. The number of hydrogen-bond acceptors (Lipinski definition) is 5. The van der Waals surface area contributed by atoms with Crippen LogP contribution in [-0.4, -0.2) is 25.0 Å². The molecule has 8 heteroatoms. The summed E-state index contributed by atoms with van der Waals surface area (Å²) in [6, 6.07) is 23.2. The maximum atomic E-state index is 13.4. The normalized spacial score (nSPS) is 14.7. The van der Waals surface area contributed by atoms with E-state index >= 15 is 0 Å². The van der Waals surface area contributed by atoms with Crippen LogP contribution in [-0.2, 0) is 16.2 Å². The average Bonchev–Trinajstić information content (AvgIpc) is 2.91. The van der Waals surface area contributed by atoms with E-state index in [0.29, 0.717) is 29.4 Å². The summed E-state index contributed by atoms with van der Waals surface area (Å²) in [5, 5.41) is 4.46. The molecule has 1 fully saturated rings. The van der Waals surface area contributed by atoms with Crippen LogP contribution >= 0.6 is 15.9 Å². The van der Waals surface area contributed by atoms with Crippen LogP contribution in [0, 0.1) is 6.92 Å². The van der Waals surface area contributed by atoms with Gasteiger partial charge in [0.1, 0.15) is 23.7 Å². The standard InChI is InChI=1S/C30H23BrN2O5/c1-18-7-8-19-5-3-4-6-24(19)26(18)17-38-27-14-9-21(31)15-20(27)16-25-28(34)32-30(36)33(29(25)35)22-10-12-23(37-2)13-11-22/h3-16H,17H2,1-2H3,(H,32,34,36)/b25-16+. The Morgan fingerprint density at radius 3 is 2.47 bits per heavy atom. The van der Waals surface area contributed by atoms with E-state index in [0.717, 1.165) is 31.3 Å². The van der Waals surface area contributed by atoms with Crippen LogP contribution in [0.3, 0.4) is 0 Å². The number of carbonyl (C=O) groups is 3. The van der Waals surface area contributed by atoms with Crippen LogP contribution in [0.5, 0.6) is 11.5 Å². The predicted octanol–water partition coefficient (Wildman–Crippen LogP) is 6.16. The van der Waals surface area contributed by atoms with Gasteiger partial charge in [-0.2, -0.15) is 0 Å². The lowest BCUT2D eigenvalue weighted by atomic mass is 10.0. The number of imide groups is 2. The summed E-state index contributed by atoms with van der Waals surface area (Å²) in [7, 11) is 1.52. The van der Waals surface area contributed by atoms with Crippen LogP contribution in [0.25, 0.3) is 16.8 Å². The summed E-state index contributed by atoms with van der Waals surface area (Å²) in [4.78, 5) is 39.6. The molecule has 0 unspecified atom stereocenters. The zero-order chi connectivity index (χ0) is 26.8. The Hall–Kier alpha value is -4.43. The molecule has 7 nitrogen and oxygen atoms in total. The monoisotopic (exact) mass is 570 g/mol. The van der Waals surface area contributed by atoms with Gasteiger partial charge in [-0.25, -0.2) is 9.69 Å². The molecule has 0 bridgehead atoms. The van der Waals surface area contributed by atoms with Crippen molar-refractivity contribution in [1.29, 1.82) is 0 Å². The van der Waals surface area contributed by atoms with Gasteiger partial charge in [0.25, 0.3) is 11.8 Å². The van der Waals surface area contributed by atoms with E-state index < -0.39 is 17.8 Å². The first-order chi connectivity index (χ1) is 18.4. The molecule has 0 aromatic heterocycles. The molecule has 4 aromatic rings. The summed E-state index contributed by atoms with van der Waals surface area (Å²) in [5.41, 5.74) is 2.77. The van der Waals surface area contributed by atoms with Crippen molar-refractivity contribution in [2.45, 2.75) is 13.5 Å². The van der Waals surface area contributed by atoms with Crippen molar-refractivity contribution in [3.8, 4) is 11.5 Å². The van der Waals surface area contributed by atoms with E-state index in [1.807, 2.05) is 25.1 Å². The molecule has 4 amide bonds. The minimum absolute atomic E-state index is 0.190. The maximum Gasteiger partial charge on any atom is 0.335 e. The van der Waals surface area contributed by atoms with Gasteiger partial charge in [-0.3, -0.25) is 14.9 Å². The SMILES string of the molecule is COc1ccc(N2C(=O)NC(=O)/C(=C\c3cc(Br)ccc3OCc3c(C)ccc4ccccc34)C2=O)cc1. The number of methoxy groups -OCH3 is 1. The van der Waals surface area contributed by atoms with E-state index in [4.69, 9.17) is 9.47 Å². The molecular formula is C30H23BrN2O5. The molecule has 1 heterocycles. The second-order valence-corrected chi connectivity index (χ2v) is 9.62. The number of aryl methyl sites for hydroxylation is 1. The number of halogens is 1. The number of nitrogens with zero attached hydrogens (tertiary/aromatic N) is 1. The number of nitrogens with one attached hydrogen (secondary N) is 1. The van der Waals surface area contributed by atoms with Gasteiger partial charge in [-0.1, -0.05) is 52.3 Å². The molecule has 1 aliphatic rings. The molecule has 0 spiro atoms. The van der Waals surface area contributed by atoms with E-state index in [9.17, 15) is 14.4 Å². The number of hydrogen-bond donors (Lipinski definition) is 1. The van der Waals surface area contributed by atoms with Crippen LogP contribution < -0.4 is 19.7 Å². The third kappa shape index (κ3) is 4.90. The zero-order valence-electron chi connectivity index (χ0n) is 20.7. The van der Waals surface area contributed by atoms with Gasteiger partial charge in [0.05, 0.1) is 12.8 Å². The van der Waals surface area contributed by atoms with Crippen molar-refractivity contribution in [3.05, 3.63) is 106 Å². The second-order valence-electron chi connectivity index (χ2n) is 8.71. The first-order valence-corrected chi connectivity index (χ1v) is 12.6. The molecule has 0 saturated carbocycles. The van der Waals surface area contributed by atoms with Crippen molar-refractivity contribution in [2.24, 2.45) is 0 Å². The molecule has 1 N–H and O–H groups in total. The summed E-state index contributed by atoms with van der Waals surface area (Å²) in [5.74, 6) is -0.454. The van der Waals surface area contributed by atoms with Gasteiger partial charge in [0.2, 0.25) is 0 Å². The van der Waals surface area contributed by atoms with Gasteiger partial charge in [0, 0.05) is 15.6 Å². The van der Waals surface area contributed by atoms with Crippen molar-refractivity contribution >= 4 is 56.3 Å². The topological polar surface area (TPSA) is 84.9 Å². The van der Waals surface area contributed by atoms with Crippen molar-refractivity contribution in [1.82, 2.24) is 5.32 Å². The first-order valence-electron chi connectivity index (χ1n) is 11.8. The molecule has 38 heavy (non-hydrogen) atoms. The number of benzene rings is 4. The van der Waals surface area contributed by atoms with E-state index in [1.165, 1.54) is 13.2 Å². The minimum atomic E-state index is -0.820. The highest BCUT2D eigenvalue weighted by molar-refractivity contribution is 9.10. The Labute approximate surface area is 227 Å². The summed E-state index contributed by atoms with van der Waals surface area (Å²) >= 11 is 3.46. The average molecular weight is 571 g/mol. The third-order valence-electron chi connectivity index (χ3n) is 6.35. The van der Waals surface area contributed by atoms with Gasteiger partial charge < -0.3 is 9.47 Å². The second kappa shape index (κ2) is 10.5. The highest BCUT2D eigenvalue weighted by Crippen LogP contribution is 2.30.